The third-order valence-electron chi connectivity index (χ3n) is 3.34. The Morgan fingerprint density at radius 2 is 1.73 bits per heavy atom. The Labute approximate surface area is 97.6 Å². The van der Waals surface area contributed by atoms with Crippen LogP contribution in [0.1, 0.15) is 46.0 Å². The highest BCUT2D eigenvalue weighted by molar-refractivity contribution is 7.80. The maximum absolute atomic E-state index is 5.29. The van der Waals surface area contributed by atoms with Crippen LogP contribution in [0.4, 0.5) is 0 Å². The average molecular weight is 227 g/mol. The monoisotopic (exact) mass is 227 g/mol. The van der Waals surface area contributed by atoms with Gasteiger partial charge >= 0.3 is 0 Å². The zero-order valence-electron chi connectivity index (χ0n) is 9.62. The number of hydrogen-bond donors (Lipinski definition) is 2. The SMILES string of the molecule is CC1CCCC(C)N1NC(=S)NC1CC1. The summed E-state index contributed by atoms with van der Waals surface area (Å²) in [4.78, 5) is 0. The Hall–Kier alpha value is -0.350. The van der Waals surface area contributed by atoms with Gasteiger partial charge in [0.05, 0.1) is 0 Å². The molecule has 0 spiro atoms. The van der Waals surface area contributed by atoms with Crippen molar-refractivity contribution < 1.29 is 0 Å². The van der Waals surface area contributed by atoms with Gasteiger partial charge in [0, 0.05) is 18.1 Å². The van der Waals surface area contributed by atoms with Crippen molar-refractivity contribution in [3.05, 3.63) is 0 Å². The largest absolute Gasteiger partial charge is 0.359 e. The maximum Gasteiger partial charge on any atom is 0.181 e. The van der Waals surface area contributed by atoms with E-state index < -0.39 is 0 Å². The number of piperidine rings is 1. The van der Waals surface area contributed by atoms with E-state index in [1.165, 1.54) is 32.1 Å². The number of thiocarbonyl (C=S) groups is 1. The predicted molar refractivity (Wildman–Crippen MR) is 66.5 cm³/mol. The molecule has 2 N–H and O–H groups in total. The van der Waals surface area contributed by atoms with E-state index in [2.05, 4.69) is 29.6 Å². The highest BCUT2D eigenvalue weighted by atomic mass is 32.1. The molecule has 0 amide bonds. The van der Waals surface area contributed by atoms with Crippen molar-refractivity contribution in [2.24, 2.45) is 0 Å². The third-order valence-corrected chi connectivity index (χ3v) is 3.55. The first kappa shape index (κ1) is 11.1. The van der Waals surface area contributed by atoms with Crippen molar-refractivity contribution in [3.63, 3.8) is 0 Å². The van der Waals surface area contributed by atoms with Gasteiger partial charge in [0.15, 0.2) is 5.11 Å². The smallest absolute Gasteiger partial charge is 0.181 e. The zero-order chi connectivity index (χ0) is 10.8. The van der Waals surface area contributed by atoms with Gasteiger partial charge in [0.25, 0.3) is 0 Å². The van der Waals surface area contributed by atoms with Crippen LogP contribution < -0.4 is 10.7 Å². The summed E-state index contributed by atoms with van der Waals surface area (Å²) in [6.07, 6.45) is 6.41. The molecule has 2 aliphatic rings. The number of rotatable bonds is 2. The van der Waals surface area contributed by atoms with E-state index in [4.69, 9.17) is 12.2 Å². The van der Waals surface area contributed by atoms with Crippen molar-refractivity contribution in [2.75, 3.05) is 0 Å². The third kappa shape index (κ3) is 3.05. The Morgan fingerprint density at radius 1 is 1.13 bits per heavy atom. The minimum Gasteiger partial charge on any atom is -0.359 e. The van der Waals surface area contributed by atoms with Gasteiger partial charge in [-0.25, -0.2) is 5.01 Å². The molecule has 1 aliphatic heterocycles. The van der Waals surface area contributed by atoms with Gasteiger partial charge in [-0.05, 0) is 51.7 Å². The van der Waals surface area contributed by atoms with E-state index in [-0.39, 0.29) is 0 Å². The first-order chi connectivity index (χ1) is 7.16. The zero-order valence-corrected chi connectivity index (χ0v) is 10.4. The van der Waals surface area contributed by atoms with E-state index in [9.17, 15) is 0 Å². The molecular weight excluding hydrogens is 206 g/mol. The normalized spacial score (nSPS) is 32.4. The topological polar surface area (TPSA) is 27.3 Å². The summed E-state index contributed by atoms with van der Waals surface area (Å²) >= 11 is 5.29. The lowest BCUT2D eigenvalue weighted by Crippen LogP contribution is -2.56. The van der Waals surface area contributed by atoms with Gasteiger partial charge in [-0.1, -0.05) is 6.42 Å². The second-order valence-corrected chi connectivity index (χ2v) is 5.30. The summed E-state index contributed by atoms with van der Waals surface area (Å²) in [5.74, 6) is 0. The highest BCUT2D eigenvalue weighted by Crippen LogP contribution is 2.21. The van der Waals surface area contributed by atoms with Crippen molar-refractivity contribution in [2.45, 2.75) is 64.1 Å². The Bertz CT molecular complexity index is 230. The summed E-state index contributed by atoms with van der Waals surface area (Å²) in [6.45, 7) is 4.53. The Morgan fingerprint density at radius 3 is 2.27 bits per heavy atom. The van der Waals surface area contributed by atoms with Crippen LogP contribution in [0.2, 0.25) is 0 Å². The fourth-order valence-corrected chi connectivity index (χ4v) is 2.48. The molecule has 3 nitrogen and oxygen atoms in total. The summed E-state index contributed by atoms with van der Waals surface area (Å²) in [6, 6.07) is 1.82. The van der Waals surface area contributed by atoms with Crippen molar-refractivity contribution in [1.82, 2.24) is 15.8 Å². The lowest BCUT2D eigenvalue weighted by atomic mass is 10.00. The van der Waals surface area contributed by atoms with Gasteiger partial charge in [0.1, 0.15) is 0 Å². The molecule has 0 radical (unpaired) electrons. The lowest BCUT2D eigenvalue weighted by molar-refractivity contribution is 0.0736. The van der Waals surface area contributed by atoms with Crippen LogP contribution in [-0.2, 0) is 0 Å². The van der Waals surface area contributed by atoms with E-state index in [0.717, 1.165) is 5.11 Å². The summed E-state index contributed by atoms with van der Waals surface area (Å²) in [7, 11) is 0. The molecule has 2 unspecified atom stereocenters. The van der Waals surface area contributed by atoms with E-state index in [1.807, 2.05) is 0 Å². The molecule has 0 aromatic heterocycles. The van der Waals surface area contributed by atoms with Gasteiger partial charge in [0.2, 0.25) is 0 Å². The molecule has 0 aromatic rings. The molecule has 1 saturated carbocycles. The molecule has 4 heteroatoms. The maximum atomic E-state index is 5.29. The molecule has 15 heavy (non-hydrogen) atoms. The molecule has 86 valence electrons. The first-order valence-electron chi connectivity index (χ1n) is 6.02. The van der Waals surface area contributed by atoms with Crippen LogP contribution in [0.25, 0.3) is 0 Å². The van der Waals surface area contributed by atoms with Crippen LogP contribution >= 0.6 is 12.2 Å². The second kappa shape index (κ2) is 4.66. The van der Waals surface area contributed by atoms with Crippen molar-refractivity contribution >= 4 is 17.3 Å². The molecule has 1 heterocycles. The van der Waals surface area contributed by atoms with Crippen LogP contribution in [0.5, 0.6) is 0 Å². The standard InChI is InChI=1S/C11H21N3S/c1-8-4-3-5-9(2)14(8)13-11(15)12-10-6-7-10/h8-10H,3-7H2,1-2H3,(H2,12,13,15). The molecule has 2 rings (SSSR count). The van der Waals surface area contributed by atoms with E-state index in [1.54, 1.807) is 0 Å². The van der Waals surface area contributed by atoms with E-state index in [0.29, 0.717) is 18.1 Å². The molecule has 0 bridgehead atoms. The Balaban J connectivity index is 1.81. The average Bonchev–Trinajstić information content (AvgIpc) is 2.95. The predicted octanol–water partition coefficient (Wildman–Crippen LogP) is 1.79. The summed E-state index contributed by atoms with van der Waals surface area (Å²) in [5.41, 5.74) is 3.34. The van der Waals surface area contributed by atoms with Gasteiger partial charge in [-0.2, -0.15) is 0 Å². The van der Waals surface area contributed by atoms with Crippen molar-refractivity contribution in [1.29, 1.82) is 0 Å². The summed E-state index contributed by atoms with van der Waals surface area (Å²) in [5, 5.41) is 6.43. The number of nitrogens with one attached hydrogen (secondary N) is 2. The first-order valence-corrected chi connectivity index (χ1v) is 6.43. The van der Waals surface area contributed by atoms with Gasteiger partial charge in [-0.3, -0.25) is 5.43 Å². The fourth-order valence-electron chi connectivity index (χ4n) is 2.20. The molecule has 2 atom stereocenters. The van der Waals surface area contributed by atoms with Gasteiger partial charge < -0.3 is 5.32 Å². The summed E-state index contributed by atoms with van der Waals surface area (Å²) < 4.78 is 0. The fraction of sp³-hybridized carbons (Fsp3) is 0.909. The molecule has 0 aromatic carbocycles. The van der Waals surface area contributed by atoms with Crippen LogP contribution in [0, 0.1) is 0 Å². The van der Waals surface area contributed by atoms with Crippen LogP contribution in [0.3, 0.4) is 0 Å². The molecule has 1 saturated heterocycles. The highest BCUT2D eigenvalue weighted by Gasteiger charge is 2.27. The van der Waals surface area contributed by atoms with E-state index >= 15 is 0 Å². The molecule has 2 fully saturated rings. The van der Waals surface area contributed by atoms with Crippen molar-refractivity contribution in [3.8, 4) is 0 Å². The van der Waals surface area contributed by atoms with Crippen LogP contribution in [-0.4, -0.2) is 28.2 Å². The Kier molecular flexibility index (Phi) is 3.46. The number of hydrazine groups is 1. The van der Waals surface area contributed by atoms with Gasteiger partial charge in [-0.15, -0.1) is 0 Å². The minimum absolute atomic E-state index is 0.590. The van der Waals surface area contributed by atoms with Crippen LogP contribution in [0.15, 0.2) is 0 Å². The number of hydrogen-bond acceptors (Lipinski definition) is 2. The molecule has 1 aliphatic carbocycles. The minimum atomic E-state index is 0.590. The quantitative estimate of drug-likeness (QED) is 0.703. The number of nitrogens with zero attached hydrogens (tertiary/aromatic N) is 1. The molecular formula is C11H21N3S. The second-order valence-electron chi connectivity index (χ2n) is 4.90. The lowest BCUT2D eigenvalue weighted by Gasteiger charge is -2.39.